The van der Waals surface area contributed by atoms with Crippen LogP contribution in [0.1, 0.15) is 13.3 Å². The third-order valence-corrected chi connectivity index (χ3v) is 6.05. The van der Waals surface area contributed by atoms with Gasteiger partial charge in [0.15, 0.2) is 0 Å². The van der Waals surface area contributed by atoms with Crippen LogP contribution in [0.25, 0.3) is 55.8 Å². The molecule has 3 N–H and O–H groups in total. The fourth-order valence-corrected chi connectivity index (χ4v) is 4.22. The molecule has 5 aromatic heterocycles. The van der Waals surface area contributed by atoms with Gasteiger partial charge in [0.25, 0.3) is 0 Å². The second-order valence-electron chi connectivity index (χ2n) is 8.37. The molecular weight excluding hydrogens is 434 g/mol. The van der Waals surface area contributed by atoms with Crippen LogP contribution in [-0.4, -0.2) is 30.1 Å². The molecule has 6 aromatic rings. The minimum atomic E-state index is 0.770. The zero-order valence-electron chi connectivity index (χ0n) is 19.2. The highest BCUT2D eigenvalue weighted by Crippen LogP contribution is 2.33. The van der Waals surface area contributed by atoms with Gasteiger partial charge in [-0.25, -0.2) is 4.98 Å². The van der Waals surface area contributed by atoms with Gasteiger partial charge in [-0.15, -0.1) is 0 Å². The van der Waals surface area contributed by atoms with Gasteiger partial charge in [0, 0.05) is 40.1 Å². The van der Waals surface area contributed by atoms with Crippen molar-refractivity contribution in [3.05, 3.63) is 91.5 Å². The first-order valence-corrected chi connectivity index (χ1v) is 11.5. The molecule has 0 atom stereocenters. The van der Waals surface area contributed by atoms with Crippen LogP contribution in [0.5, 0.6) is 0 Å². The highest BCUT2D eigenvalue weighted by molar-refractivity contribution is 6.00. The van der Waals surface area contributed by atoms with Crippen LogP contribution >= 0.6 is 0 Å². The molecule has 0 aliphatic rings. The third kappa shape index (κ3) is 3.83. The monoisotopic (exact) mass is 457 g/mol. The number of fused-ring (bicyclic) bond motifs is 2. The van der Waals surface area contributed by atoms with Crippen LogP contribution < -0.4 is 5.32 Å². The molecule has 0 spiro atoms. The van der Waals surface area contributed by atoms with Crippen molar-refractivity contribution in [2.75, 3.05) is 5.32 Å². The van der Waals surface area contributed by atoms with Crippen molar-refractivity contribution in [1.82, 2.24) is 30.1 Å². The van der Waals surface area contributed by atoms with E-state index in [1.165, 1.54) is 0 Å². The predicted octanol–water partition coefficient (Wildman–Crippen LogP) is 6.57. The molecule has 5 heterocycles. The molecule has 170 valence electrons. The number of hydrogen-bond acceptors (Lipinski definition) is 5. The standard InChI is InChI=1S/C28H23N7/c1-3-17(2)31-19-13-18(15-29-16-19)22-10-11-25-27(33-22)28(35-34-25)26-14-21-20(7-6-9-24(21)32-26)23-8-4-5-12-30-23/h4-16,31-32H,2-3H2,1H3,(H,34,35). The molecule has 0 saturated heterocycles. The molecule has 7 heteroatoms. The fraction of sp³-hybridized carbons (Fsp3) is 0.0714. The minimum absolute atomic E-state index is 0.770. The van der Waals surface area contributed by atoms with Gasteiger partial charge in [-0.3, -0.25) is 15.1 Å². The summed E-state index contributed by atoms with van der Waals surface area (Å²) in [6, 6.07) is 20.3. The number of aromatic amines is 2. The van der Waals surface area contributed by atoms with Gasteiger partial charge in [-0.1, -0.05) is 31.7 Å². The van der Waals surface area contributed by atoms with Crippen LogP contribution in [0.4, 0.5) is 5.69 Å². The van der Waals surface area contributed by atoms with Gasteiger partial charge in [-0.2, -0.15) is 5.10 Å². The summed E-state index contributed by atoms with van der Waals surface area (Å²) in [5, 5.41) is 12.1. The quantitative estimate of drug-likeness (QED) is 0.263. The molecule has 0 aliphatic carbocycles. The number of nitrogens with zero attached hydrogens (tertiary/aromatic N) is 4. The van der Waals surface area contributed by atoms with Crippen molar-refractivity contribution >= 4 is 27.6 Å². The maximum atomic E-state index is 4.96. The Balaban J connectivity index is 1.43. The fourth-order valence-electron chi connectivity index (χ4n) is 4.22. The molecule has 0 unspecified atom stereocenters. The number of H-pyrrole nitrogens is 2. The van der Waals surface area contributed by atoms with Gasteiger partial charge in [0.05, 0.1) is 34.5 Å². The number of allylic oxidation sites excluding steroid dienone is 1. The Morgan fingerprint density at radius 1 is 0.971 bits per heavy atom. The normalized spacial score (nSPS) is 11.2. The zero-order chi connectivity index (χ0) is 23.8. The summed E-state index contributed by atoms with van der Waals surface area (Å²) in [7, 11) is 0. The Labute approximate surface area is 202 Å². The van der Waals surface area contributed by atoms with E-state index in [9.17, 15) is 0 Å². The molecule has 0 aliphatic heterocycles. The largest absolute Gasteiger partial charge is 0.358 e. The summed E-state index contributed by atoms with van der Waals surface area (Å²) in [6.45, 7) is 6.08. The Morgan fingerprint density at radius 2 is 1.91 bits per heavy atom. The lowest BCUT2D eigenvalue weighted by molar-refractivity contribution is 1.11. The van der Waals surface area contributed by atoms with E-state index in [0.29, 0.717) is 0 Å². The smallest absolute Gasteiger partial charge is 0.135 e. The first-order chi connectivity index (χ1) is 17.2. The summed E-state index contributed by atoms with van der Waals surface area (Å²) in [5.41, 5.74) is 9.93. The molecule has 0 amide bonds. The van der Waals surface area contributed by atoms with Crippen molar-refractivity contribution in [3.63, 3.8) is 0 Å². The van der Waals surface area contributed by atoms with Crippen LogP contribution in [0.15, 0.2) is 91.5 Å². The SMILES string of the molecule is C=C(CC)Nc1cncc(-c2ccc3[nH]nc(-c4cc5c(-c6ccccn6)cccc5[nH]4)c3n2)c1. The molecule has 1 aromatic carbocycles. The second kappa shape index (κ2) is 8.53. The summed E-state index contributed by atoms with van der Waals surface area (Å²) >= 11 is 0. The predicted molar refractivity (Wildman–Crippen MR) is 141 cm³/mol. The topological polar surface area (TPSA) is 95.2 Å². The maximum absolute atomic E-state index is 4.96. The van der Waals surface area contributed by atoms with E-state index in [-0.39, 0.29) is 0 Å². The lowest BCUT2D eigenvalue weighted by Crippen LogP contribution is -1.97. The molecule has 0 saturated carbocycles. The first-order valence-electron chi connectivity index (χ1n) is 11.5. The van der Waals surface area contributed by atoms with E-state index in [4.69, 9.17) is 4.98 Å². The van der Waals surface area contributed by atoms with E-state index < -0.39 is 0 Å². The highest BCUT2D eigenvalue weighted by atomic mass is 15.1. The number of benzene rings is 1. The van der Waals surface area contributed by atoms with E-state index in [1.54, 1.807) is 6.20 Å². The molecular formula is C28H23N7. The molecule has 6 rings (SSSR count). The van der Waals surface area contributed by atoms with E-state index in [2.05, 4.69) is 62.2 Å². The average Bonchev–Trinajstić information content (AvgIpc) is 3.53. The van der Waals surface area contributed by atoms with Crippen molar-refractivity contribution in [1.29, 1.82) is 0 Å². The summed E-state index contributed by atoms with van der Waals surface area (Å²) in [6.07, 6.45) is 6.26. The summed E-state index contributed by atoms with van der Waals surface area (Å²) < 4.78 is 0. The third-order valence-electron chi connectivity index (χ3n) is 6.05. The number of hydrogen-bond donors (Lipinski definition) is 3. The Hall–Kier alpha value is -4.78. The second-order valence-corrected chi connectivity index (χ2v) is 8.37. The van der Waals surface area contributed by atoms with Crippen molar-refractivity contribution < 1.29 is 0 Å². The number of rotatable bonds is 6. The number of anilines is 1. The van der Waals surface area contributed by atoms with E-state index >= 15 is 0 Å². The summed E-state index contributed by atoms with van der Waals surface area (Å²) in [4.78, 5) is 17.4. The van der Waals surface area contributed by atoms with Gasteiger partial charge in [0.2, 0.25) is 0 Å². The summed E-state index contributed by atoms with van der Waals surface area (Å²) in [5.74, 6) is 0. The molecule has 7 nitrogen and oxygen atoms in total. The molecule has 0 fully saturated rings. The maximum Gasteiger partial charge on any atom is 0.135 e. The minimum Gasteiger partial charge on any atom is -0.358 e. The van der Waals surface area contributed by atoms with Crippen LogP contribution in [0, 0.1) is 0 Å². The Morgan fingerprint density at radius 3 is 2.77 bits per heavy atom. The van der Waals surface area contributed by atoms with Crippen LogP contribution in [-0.2, 0) is 0 Å². The lowest BCUT2D eigenvalue weighted by atomic mass is 10.1. The first kappa shape index (κ1) is 20.8. The zero-order valence-corrected chi connectivity index (χ0v) is 19.2. The number of pyridine rings is 3. The van der Waals surface area contributed by atoms with Gasteiger partial charge in [0.1, 0.15) is 11.2 Å². The van der Waals surface area contributed by atoms with E-state index in [0.717, 1.165) is 73.6 Å². The molecule has 0 radical (unpaired) electrons. The van der Waals surface area contributed by atoms with Crippen LogP contribution in [0.2, 0.25) is 0 Å². The number of nitrogens with one attached hydrogen (secondary N) is 3. The lowest BCUT2D eigenvalue weighted by Gasteiger charge is -2.08. The molecule has 35 heavy (non-hydrogen) atoms. The molecule has 0 bridgehead atoms. The highest BCUT2D eigenvalue weighted by Gasteiger charge is 2.16. The Kier molecular flexibility index (Phi) is 5.07. The van der Waals surface area contributed by atoms with E-state index in [1.807, 2.05) is 54.9 Å². The van der Waals surface area contributed by atoms with Crippen molar-refractivity contribution in [2.24, 2.45) is 0 Å². The van der Waals surface area contributed by atoms with Gasteiger partial charge < -0.3 is 10.3 Å². The van der Waals surface area contributed by atoms with Gasteiger partial charge in [-0.05, 0) is 48.9 Å². The average molecular weight is 458 g/mol. The Bertz CT molecular complexity index is 1680. The van der Waals surface area contributed by atoms with Crippen LogP contribution in [0.3, 0.4) is 0 Å². The van der Waals surface area contributed by atoms with Crippen molar-refractivity contribution in [3.8, 4) is 33.9 Å². The van der Waals surface area contributed by atoms with Crippen molar-refractivity contribution in [2.45, 2.75) is 13.3 Å². The number of aromatic nitrogens is 6. The van der Waals surface area contributed by atoms with Gasteiger partial charge >= 0.3 is 0 Å².